The van der Waals surface area contributed by atoms with Gasteiger partial charge in [0, 0.05) is 0 Å². The smallest absolute Gasteiger partial charge is 0.355 e. The van der Waals surface area contributed by atoms with Gasteiger partial charge in [0.2, 0.25) is 0 Å². The number of nitrogens with one attached hydrogen (secondary N) is 1. The molecule has 0 saturated carbocycles. The van der Waals surface area contributed by atoms with Gasteiger partial charge in [-0.3, -0.25) is 5.43 Å². The molecule has 1 aliphatic heterocycles. The fourth-order valence-electron chi connectivity index (χ4n) is 2.43. The van der Waals surface area contributed by atoms with Crippen LogP contribution >= 0.6 is 0 Å². The summed E-state index contributed by atoms with van der Waals surface area (Å²) in [5, 5.41) is 4.04. The summed E-state index contributed by atoms with van der Waals surface area (Å²) in [5.41, 5.74) is 4.85. The van der Waals surface area contributed by atoms with Gasteiger partial charge in [-0.15, -0.1) is 0 Å². The number of nitrogens with zero attached hydrogens (tertiary/aromatic N) is 1. The second-order valence-corrected chi connectivity index (χ2v) is 5.38. The fraction of sp³-hybridized carbons (Fsp3) is 0.471. The maximum absolute atomic E-state index is 12.2. The van der Waals surface area contributed by atoms with E-state index in [-0.39, 0.29) is 12.3 Å². The predicted octanol–water partition coefficient (Wildman–Crippen LogP) is 1.92. The van der Waals surface area contributed by atoms with Crippen molar-refractivity contribution >= 4 is 17.7 Å². The highest BCUT2D eigenvalue weighted by Crippen LogP contribution is 2.27. The van der Waals surface area contributed by atoms with Crippen molar-refractivity contribution in [1.82, 2.24) is 5.43 Å². The molecule has 0 aliphatic carbocycles. The third kappa shape index (κ3) is 3.88. The van der Waals surface area contributed by atoms with Gasteiger partial charge in [-0.2, -0.15) is 5.10 Å². The molecule has 23 heavy (non-hydrogen) atoms. The highest BCUT2D eigenvalue weighted by Gasteiger charge is 2.42. The second-order valence-electron chi connectivity index (χ2n) is 5.38. The van der Waals surface area contributed by atoms with Gasteiger partial charge in [0.25, 0.3) is 0 Å². The molecule has 1 N–H and O–H groups in total. The Bertz CT molecular complexity index is 595. The van der Waals surface area contributed by atoms with E-state index in [4.69, 9.17) is 9.47 Å². The Hall–Kier alpha value is -2.37. The van der Waals surface area contributed by atoms with Crippen LogP contribution in [0.5, 0.6) is 0 Å². The van der Waals surface area contributed by atoms with E-state index in [9.17, 15) is 9.59 Å². The van der Waals surface area contributed by atoms with Crippen LogP contribution in [-0.4, -0.2) is 36.9 Å². The molecule has 0 aromatic heterocycles. The Morgan fingerprint density at radius 1 is 1.17 bits per heavy atom. The van der Waals surface area contributed by atoms with Gasteiger partial charge in [-0.1, -0.05) is 36.8 Å². The maximum Gasteiger partial charge on any atom is 0.355 e. The number of hydrogen-bond acceptors (Lipinski definition) is 6. The van der Waals surface area contributed by atoms with Gasteiger partial charge < -0.3 is 9.47 Å². The van der Waals surface area contributed by atoms with Crippen LogP contribution in [-0.2, 0) is 19.1 Å². The van der Waals surface area contributed by atoms with E-state index in [0.29, 0.717) is 6.61 Å². The van der Waals surface area contributed by atoms with Crippen molar-refractivity contribution in [3.8, 4) is 0 Å². The molecule has 0 spiro atoms. The molecule has 0 saturated heterocycles. The van der Waals surface area contributed by atoms with Gasteiger partial charge in [-0.05, 0) is 25.8 Å². The van der Waals surface area contributed by atoms with E-state index in [1.54, 1.807) is 6.92 Å². The third-order valence-electron chi connectivity index (χ3n) is 3.58. The molecule has 0 bridgehead atoms. The van der Waals surface area contributed by atoms with E-state index in [1.807, 2.05) is 38.1 Å². The van der Waals surface area contributed by atoms with Crippen LogP contribution in [0.1, 0.15) is 37.3 Å². The molecule has 124 valence electrons. The minimum Gasteiger partial charge on any atom is -0.464 e. The zero-order chi connectivity index (χ0) is 16.8. The van der Waals surface area contributed by atoms with E-state index in [0.717, 1.165) is 17.5 Å². The van der Waals surface area contributed by atoms with Gasteiger partial charge in [0.15, 0.2) is 11.8 Å². The van der Waals surface area contributed by atoms with Crippen LogP contribution in [0.2, 0.25) is 0 Å². The monoisotopic (exact) mass is 318 g/mol. The molecule has 0 radical (unpaired) electrons. The second kappa shape index (κ2) is 7.76. The summed E-state index contributed by atoms with van der Waals surface area (Å²) in [5.74, 6) is -1.45. The SMILES string of the molecule is CCCOC(=O)C1=NNC(C(=O)OCC)C1c1ccc(C)cc1. The Morgan fingerprint density at radius 2 is 1.87 bits per heavy atom. The first-order valence-corrected chi connectivity index (χ1v) is 7.81. The molecular formula is C17H22N2O4. The zero-order valence-corrected chi connectivity index (χ0v) is 13.7. The molecule has 1 aromatic rings. The summed E-state index contributed by atoms with van der Waals surface area (Å²) < 4.78 is 10.3. The van der Waals surface area contributed by atoms with Gasteiger partial charge in [0.1, 0.15) is 0 Å². The normalized spacial score (nSPS) is 19.7. The van der Waals surface area contributed by atoms with Crippen molar-refractivity contribution in [3.05, 3.63) is 35.4 Å². The van der Waals surface area contributed by atoms with E-state index in [2.05, 4.69) is 10.5 Å². The predicted molar refractivity (Wildman–Crippen MR) is 86.2 cm³/mol. The largest absolute Gasteiger partial charge is 0.464 e. The summed E-state index contributed by atoms with van der Waals surface area (Å²) in [7, 11) is 0. The Labute approximate surface area is 135 Å². The summed E-state index contributed by atoms with van der Waals surface area (Å²) in [6, 6.07) is 6.93. The number of hydrogen-bond donors (Lipinski definition) is 1. The number of ether oxygens (including phenoxy) is 2. The van der Waals surface area contributed by atoms with E-state index in [1.165, 1.54) is 0 Å². The van der Waals surface area contributed by atoms with Crippen LogP contribution in [0.4, 0.5) is 0 Å². The molecule has 1 heterocycles. The highest BCUT2D eigenvalue weighted by molar-refractivity contribution is 6.39. The zero-order valence-electron chi connectivity index (χ0n) is 13.7. The number of benzene rings is 1. The Kier molecular flexibility index (Phi) is 5.73. The summed E-state index contributed by atoms with van der Waals surface area (Å²) in [4.78, 5) is 24.4. The van der Waals surface area contributed by atoms with Gasteiger partial charge in [-0.25, -0.2) is 9.59 Å². The molecule has 2 rings (SSSR count). The first-order valence-electron chi connectivity index (χ1n) is 7.81. The molecule has 6 nitrogen and oxygen atoms in total. The van der Waals surface area contributed by atoms with Crippen molar-refractivity contribution in [2.24, 2.45) is 5.10 Å². The minimum atomic E-state index is -0.721. The first kappa shape index (κ1) is 17.0. The van der Waals surface area contributed by atoms with Crippen molar-refractivity contribution in [2.45, 2.75) is 39.2 Å². The Morgan fingerprint density at radius 3 is 2.48 bits per heavy atom. The maximum atomic E-state index is 12.2. The molecule has 0 amide bonds. The number of aryl methyl sites for hydroxylation is 1. The molecule has 0 fully saturated rings. The van der Waals surface area contributed by atoms with Gasteiger partial charge in [0.05, 0.1) is 19.1 Å². The number of carbonyl (C=O) groups is 2. The quantitative estimate of drug-likeness (QED) is 0.811. The standard InChI is InChI=1S/C17H22N2O4/c1-4-10-23-17(21)15-13(12-8-6-11(3)7-9-12)14(18-19-15)16(20)22-5-2/h6-9,13-14,18H,4-5,10H2,1-3H3. The number of rotatable bonds is 6. The van der Waals surface area contributed by atoms with Crippen molar-refractivity contribution in [3.63, 3.8) is 0 Å². The molecular weight excluding hydrogens is 296 g/mol. The highest BCUT2D eigenvalue weighted by atomic mass is 16.5. The van der Waals surface area contributed by atoms with Crippen LogP contribution in [0, 0.1) is 6.92 Å². The first-order chi connectivity index (χ1) is 11.1. The number of esters is 2. The minimum absolute atomic E-state index is 0.209. The lowest BCUT2D eigenvalue weighted by atomic mass is 9.88. The molecule has 1 aromatic carbocycles. The molecule has 1 aliphatic rings. The molecule has 2 unspecified atom stereocenters. The lowest BCUT2D eigenvalue weighted by Gasteiger charge is -2.19. The van der Waals surface area contributed by atoms with Crippen LogP contribution < -0.4 is 5.43 Å². The number of carbonyl (C=O) groups excluding carboxylic acids is 2. The van der Waals surface area contributed by atoms with Crippen LogP contribution in [0.3, 0.4) is 0 Å². The van der Waals surface area contributed by atoms with Crippen molar-refractivity contribution in [2.75, 3.05) is 13.2 Å². The Balaban J connectivity index is 2.29. The van der Waals surface area contributed by atoms with Crippen molar-refractivity contribution in [1.29, 1.82) is 0 Å². The van der Waals surface area contributed by atoms with E-state index < -0.39 is 23.9 Å². The topological polar surface area (TPSA) is 77.0 Å². The fourth-order valence-corrected chi connectivity index (χ4v) is 2.43. The summed E-state index contributed by atoms with van der Waals surface area (Å²) in [6.45, 7) is 6.23. The summed E-state index contributed by atoms with van der Waals surface area (Å²) in [6.07, 6.45) is 0.725. The van der Waals surface area contributed by atoms with Crippen LogP contribution in [0.15, 0.2) is 29.4 Å². The van der Waals surface area contributed by atoms with Crippen LogP contribution in [0.25, 0.3) is 0 Å². The van der Waals surface area contributed by atoms with Crippen molar-refractivity contribution < 1.29 is 19.1 Å². The number of hydrazone groups is 1. The molecule has 2 atom stereocenters. The third-order valence-corrected chi connectivity index (χ3v) is 3.58. The lowest BCUT2D eigenvalue weighted by Crippen LogP contribution is -2.39. The average molecular weight is 318 g/mol. The van der Waals surface area contributed by atoms with Gasteiger partial charge >= 0.3 is 11.9 Å². The average Bonchev–Trinajstić information content (AvgIpc) is 2.98. The lowest BCUT2D eigenvalue weighted by molar-refractivity contribution is -0.145. The molecule has 6 heteroatoms. The van der Waals surface area contributed by atoms with E-state index >= 15 is 0 Å². The summed E-state index contributed by atoms with van der Waals surface area (Å²) >= 11 is 0.